The standard InChI is InChI=1S/C15H16FN3O3S/c1-23(20,21)19-8-4-6-13(19)12-9-17-10-15(18-12)22-14-7-3-2-5-11(14)16/h2-3,5,7,9-10,13H,4,6,8H2,1H3. The summed E-state index contributed by atoms with van der Waals surface area (Å²) < 4.78 is 44.1. The maximum atomic E-state index is 13.6. The van der Waals surface area contributed by atoms with E-state index in [1.807, 2.05) is 0 Å². The van der Waals surface area contributed by atoms with E-state index in [1.165, 1.54) is 35.1 Å². The van der Waals surface area contributed by atoms with Crippen LogP contribution in [0.1, 0.15) is 24.6 Å². The van der Waals surface area contributed by atoms with E-state index in [0.717, 1.165) is 6.42 Å². The van der Waals surface area contributed by atoms with Crippen molar-refractivity contribution in [2.24, 2.45) is 0 Å². The Hall–Kier alpha value is -2.06. The topological polar surface area (TPSA) is 72.4 Å². The van der Waals surface area contributed by atoms with Crippen LogP contribution in [0.4, 0.5) is 4.39 Å². The van der Waals surface area contributed by atoms with Crippen molar-refractivity contribution in [1.82, 2.24) is 14.3 Å². The van der Waals surface area contributed by atoms with Gasteiger partial charge in [0.2, 0.25) is 15.9 Å². The average Bonchev–Trinajstić information content (AvgIpc) is 3.00. The highest BCUT2D eigenvalue weighted by atomic mass is 32.2. The van der Waals surface area contributed by atoms with E-state index in [9.17, 15) is 12.8 Å². The Morgan fingerprint density at radius 2 is 2.09 bits per heavy atom. The molecule has 6 nitrogen and oxygen atoms in total. The number of aromatic nitrogens is 2. The third-order valence-electron chi connectivity index (χ3n) is 3.65. The van der Waals surface area contributed by atoms with Gasteiger partial charge in [-0.15, -0.1) is 0 Å². The zero-order chi connectivity index (χ0) is 16.4. The average molecular weight is 337 g/mol. The van der Waals surface area contributed by atoms with Crippen molar-refractivity contribution >= 4 is 10.0 Å². The predicted molar refractivity (Wildman–Crippen MR) is 82.0 cm³/mol. The lowest BCUT2D eigenvalue weighted by Crippen LogP contribution is -2.30. The lowest BCUT2D eigenvalue weighted by molar-refractivity contribution is 0.382. The number of benzene rings is 1. The summed E-state index contributed by atoms with van der Waals surface area (Å²) in [6.45, 7) is 0.462. The summed E-state index contributed by atoms with van der Waals surface area (Å²) in [5.74, 6) is -0.323. The number of hydrogen-bond acceptors (Lipinski definition) is 5. The maximum Gasteiger partial charge on any atom is 0.238 e. The van der Waals surface area contributed by atoms with E-state index in [0.29, 0.717) is 18.7 Å². The molecule has 1 aliphatic heterocycles. The second-order valence-electron chi connectivity index (χ2n) is 5.35. The van der Waals surface area contributed by atoms with Crippen LogP contribution in [0.25, 0.3) is 0 Å². The highest BCUT2D eigenvalue weighted by Crippen LogP contribution is 2.33. The molecule has 1 atom stereocenters. The van der Waals surface area contributed by atoms with Crippen LogP contribution in [0.2, 0.25) is 0 Å². The summed E-state index contributed by atoms with van der Waals surface area (Å²) in [7, 11) is -3.31. The molecule has 1 aromatic heterocycles. The van der Waals surface area contributed by atoms with Crippen molar-refractivity contribution in [3.63, 3.8) is 0 Å². The summed E-state index contributed by atoms with van der Waals surface area (Å²) in [6, 6.07) is 5.63. The molecule has 1 aliphatic rings. The molecule has 1 unspecified atom stereocenters. The Bertz CT molecular complexity index is 813. The van der Waals surface area contributed by atoms with Crippen molar-refractivity contribution in [1.29, 1.82) is 0 Å². The molecule has 0 amide bonds. The highest BCUT2D eigenvalue weighted by molar-refractivity contribution is 7.88. The number of ether oxygens (including phenoxy) is 1. The Kier molecular flexibility index (Phi) is 4.27. The SMILES string of the molecule is CS(=O)(=O)N1CCCC1c1cncc(Oc2ccccc2F)n1. The van der Waals surface area contributed by atoms with Crippen LogP contribution in [-0.2, 0) is 10.0 Å². The molecule has 2 aromatic rings. The van der Waals surface area contributed by atoms with Crippen LogP contribution in [0.5, 0.6) is 11.6 Å². The fourth-order valence-electron chi connectivity index (χ4n) is 2.64. The molecule has 8 heteroatoms. The van der Waals surface area contributed by atoms with E-state index in [1.54, 1.807) is 12.1 Å². The molecule has 0 bridgehead atoms. The van der Waals surface area contributed by atoms with Gasteiger partial charge in [-0.2, -0.15) is 4.31 Å². The third kappa shape index (κ3) is 3.48. The quantitative estimate of drug-likeness (QED) is 0.857. The Morgan fingerprint density at radius 1 is 1.30 bits per heavy atom. The van der Waals surface area contributed by atoms with Crippen LogP contribution in [-0.4, -0.2) is 35.5 Å². The van der Waals surface area contributed by atoms with Crippen LogP contribution >= 0.6 is 0 Å². The van der Waals surface area contributed by atoms with Gasteiger partial charge >= 0.3 is 0 Å². The van der Waals surface area contributed by atoms with Gasteiger partial charge in [-0.1, -0.05) is 12.1 Å². The third-order valence-corrected chi connectivity index (χ3v) is 4.94. The largest absolute Gasteiger partial charge is 0.434 e. The Morgan fingerprint density at radius 3 is 2.83 bits per heavy atom. The summed E-state index contributed by atoms with van der Waals surface area (Å²) in [5, 5.41) is 0. The van der Waals surface area contributed by atoms with Gasteiger partial charge in [-0.3, -0.25) is 4.98 Å². The van der Waals surface area contributed by atoms with Gasteiger partial charge in [0.25, 0.3) is 0 Å². The molecule has 0 N–H and O–H groups in total. The van der Waals surface area contributed by atoms with Crippen LogP contribution in [0.3, 0.4) is 0 Å². The molecule has 3 rings (SSSR count). The first kappa shape index (κ1) is 15.8. The molecule has 2 heterocycles. The molecule has 0 aliphatic carbocycles. The number of para-hydroxylation sites is 1. The molecule has 23 heavy (non-hydrogen) atoms. The lowest BCUT2D eigenvalue weighted by atomic mass is 10.2. The van der Waals surface area contributed by atoms with Gasteiger partial charge in [0.05, 0.1) is 30.4 Å². The molecule has 1 fully saturated rings. The first-order valence-corrected chi connectivity index (χ1v) is 9.01. The monoisotopic (exact) mass is 337 g/mol. The van der Waals surface area contributed by atoms with Crippen LogP contribution in [0, 0.1) is 5.82 Å². The Balaban J connectivity index is 1.87. The number of halogens is 1. The molecule has 1 aromatic carbocycles. The molecule has 0 spiro atoms. The molecule has 0 radical (unpaired) electrons. The van der Waals surface area contributed by atoms with E-state index in [-0.39, 0.29) is 17.7 Å². The van der Waals surface area contributed by atoms with Gasteiger partial charge in [0.15, 0.2) is 11.6 Å². The van der Waals surface area contributed by atoms with Gasteiger partial charge in [0, 0.05) is 6.54 Å². The molecular formula is C15H16FN3O3S. The fourth-order valence-corrected chi connectivity index (χ4v) is 3.78. The normalized spacial score (nSPS) is 19.0. The summed E-state index contributed by atoms with van der Waals surface area (Å²) in [6.07, 6.45) is 5.50. The first-order valence-electron chi connectivity index (χ1n) is 7.16. The summed E-state index contributed by atoms with van der Waals surface area (Å²) >= 11 is 0. The van der Waals surface area contributed by atoms with Crippen molar-refractivity contribution in [3.8, 4) is 11.6 Å². The van der Waals surface area contributed by atoms with Gasteiger partial charge < -0.3 is 4.74 Å². The van der Waals surface area contributed by atoms with Crippen LogP contribution < -0.4 is 4.74 Å². The fraction of sp³-hybridized carbons (Fsp3) is 0.333. The smallest absolute Gasteiger partial charge is 0.238 e. The molecule has 122 valence electrons. The second kappa shape index (κ2) is 6.21. The lowest BCUT2D eigenvalue weighted by Gasteiger charge is -2.21. The first-order chi connectivity index (χ1) is 10.9. The van der Waals surface area contributed by atoms with Crippen molar-refractivity contribution < 1.29 is 17.5 Å². The molecule has 0 saturated carbocycles. The second-order valence-corrected chi connectivity index (χ2v) is 7.28. The zero-order valence-electron chi connectivity index (χ0n) is 12.5. The summed E-state index contributed by atoms with van der Waals surface area (Å²) in [5.41, 5.74) is 0.502. The van der Waals surface area contributed by atoms with E-state index in [2.05, 4.69) is 9.97 Å². The van der Waals surface area contributed by atoms with Crippen molar-refractivity contribution in [2.75, 3.05) is 12.8 Å². The molecular weight excluding hydrogens is 321 g/mol. The Labute approximate surface area is 134 Å². The number of nitrogens with zero attached hydrogens (tertiary/aromatic N) is 3. The minimum atomic E-state index is -3.31. The minimum Gasteiger partial charge on any atom is -0.434 e. The molecule has 1 saturated heterocycles. The van der Waals surface area contributed by atoms with E-state index in [4.69, 9.17) is 4.74 Å². The predicted octanol–water partition coefficient (Wildman–Crippen LogP) is 2.50. The van der Waals surface area contributed by atoms with Gasteiger partial charge in [-0.25, -0.2) is 17.8 Å². The summed E-state index contributed by atoms with van der Waals surface area (Å²) in [4.78, 5) is 8.34. The van der Waals surface area contributed by atoms with Crippen molar-refractivity contribution in [3.05, 3.63) is 48.2 Å². The van der Waals surface area contributed by atoms with Crippen molar-refractivity contribution in [2.45, 2.75) is 18.9 Å². The number of rotatable bonds is 4. The van der Waals surface area contributed by atoms with Crippen LogP contribution in [0.15, 0.2) is 36.7 Å². The van der Waals surface area contributed by atoms with Gasteiger partial charge in [-0.05, 0) is 25.0 Å². The highest BCUT2D eigenvalue weighted by Gasteiger charge is 2.33. The number of sulfonamides is 1. The van der Waals surface area contributed by atoms with Gasteiger partial charge in [0.1, 0.15) is 0 Å². The number of hydrogen-bond donors (Lipinski definition) is 0. The minimum absolute atomic E-state index is 0.0466. The zero-order valence-corrected chi connectivity index (χ0v) is 13.3. The van der Waals surface area contributed by atoms with E-state index >= 15 is 0 Å². The maximum absolute atomic E-state index is 13.6. The van der Waals surface area contributed by atoms with E-state index < -0.39 is 15.8 Å².